The van der Waals surface area contributed by atoms with Gasteiger partial charge in [0.05, 0.1) is 23.7 Å². The maximum atomic E-state index is 11.9. The van der Waals surface area contributed by atoms with Crippen molar-refractivity contribution >= 4 is 17.7 Å². The Hall–Kier alpha value is -2.59. The average Bonchev–Trinajstić information content (AvgIpc) is 2.42. The number of hydrogen-bond donors (Lipinski definition) is 3. The third-order valence-electron chi connectivity index (χ3n) is 2.82. The van der Waals surface area contributed by atoms with E-state index in [1.54, 1.807) is 24.3 Å². The highest BCUT2D eigenvalue weighted by molar-refractivity contribution is 5.91. The van der Waals surface area contributed by atoms with Gasteiger partial charge in [-0.3, -0.25) is 9.69 Å². The molecule has 0 aliphatic carbocycles. The van der Waals surface area contributed by atoms with E-state index < -0.39 is 24.0 Å². The zero-order valence-corrected chi connectivity index (χ0v) is 11.8. The summed E-state index contributed by atoms with van der Waals surface area (Å²) in [6, 6.07) is 7.95. The van der Waals surface area contributed by atoms with E-state index >= 15 is 0 Å². The Morgan fingerprint density at radius 2 is 2.14 bits per heavy atom. The molecule has 0 aliphatic heterocycles. The first-order valence-electron chi connectivity index (χ1n) is 6.21. The van der Waals surface area contributed by atoms with Crippen molar-refractivity contribution in [3.8, 4) is 6.07 Å². The van der Waals surface area contributed by atoms with Gasteiger partial charge < -0.3 is 15.5 Å². The highest BCUT2D eigenvalue weighted by Crippen LogP contribution is 2.15. The lowest BCUT2D eigenvalue weighted by atomic mass is 10.0. The summed E-state index contributed by atoms with van der Waals surface area (Å²) in [5.74, 6) is -1.15. The number of carboxylic acids is 1. The number of nitrogens with one attached hydrogen (secondary N) is 1. The summed E-state index contributed by atoms with van der Waals surface area (Å²) in [5, 5.41) is 29.7. The number of carbonyl (C=O) groups is 2. The quantitative estimate of drug-likeness (QED) is 0.746. The van der Waals surface area contributed by atoms with Crippen LogP contribution >= 0.6 is 0 Å². The predicted molar refractivity (Wildman–Crippen MR) is 75.8 cm³/mol. The summed E-state index contributed by atoms with van der Waals surface area (Å²) in [6.45, 7) is 1.14. The fraction of sp³-hybridized carbons (Fsp3) is 0.357. The first-order valence-corrected chi connectivity index (χ1v) is 6.21. The number of nitrogens with zero attached hydrogens (tertiary/aromatic N) is 2. The van der Waals surface area contributed by atoms with Gasteiger partial charge in [-0.2, -0.15) is 5.26 Å². The second-order valence-electron chi connectivity index (χ2n) is 4.95. The molecule has 0 fully saturated rings. The average molecular weight is 291 g/mol. The van der Waals surface area contributed by atoms with Crippen LogP contribution in [0.1, 0.15) is 18.9 Å². The van der Waals surface area contributed by atoms with E-state index in [9.17, 15) is 14.7 Å². The largest absolute Gasteiger partial charge is 0.481 e. The molecule has 2 amide bonds. The molecule has 0 aliphatic rings. The van der Waals surface area contributed by atoms with Gasteiger partial charge in [0.2, 0.25) is 0 Å². The van der Waals surface area contributed by atoms with Crippen LogP contribution in [0.3, 0.4) is 0 Å². The van der Waals surface area contributed by atoms with Gasteiger partial charge in [0, 0.05) is 19.3 Å². The Labute approximate surface area is 122 Å². The number of aliphatic hydroxyl groups is 1. The van der Waals surface area contributed by atoms with Crippen LogP contribution in [0.5, 0.6) is 0 Å². The lowest BCUT2D eigenvalue weighted by Crippen LogP contribution is -2.46. The fourth-order valence-electron chi connectivity index (χ4n) is 1.67. The molecule has 0 heterocycles. The van der Waals surface area contributed by atoms with Crippen LogP contribution in [0.25, 0.3) is 0 Å². The predicted octanol–water partition coefficient (Wildman–Crippen LogP) is 0.930. The number of urea groups is 1. The molecule has 3 N–H and O–H groups in total. The lowest BCUT2D eigenvalue weighted by molar-refractivity contribution is -0.141. The van der Waals surface area contributed by atoms with Crippen LogP contribution < -0.4 is 10.2 Å². The van der Waals surface area contributed by atoms with Crippen LogP contribution in [0.4, 0.5) is 10.5 Å². The number of anilines is 1. The Bertz CT molecular complexity index is 578. The molecule has 0 aromatic heterocycles. The van der Waals surface area contributed by atoms with E-state index in [0.29, 0.717) is 11.3 Å². The van der Waals surface area contributed by atoms with Gasteiger partial charge in [-0.15, -0.1) is 0 Å². The molecule has 1 atom stereocenters. The second-order valence-corrected chi connectivity index (χ2v) is 4.95. The SMILES string of the molecule is CN(C(=O)NCC(C)(O)CC(=O)O)c1cccc(C#N)c1. The Morgan fingerprint density at radius 1 is 1.48 bits per heavy atom. The van der Waals surface area contributed by atoms with Crippen LogP contribution in [-0.2, 0) is 4.79 Å². The van der Waals surface area contributed by atoms with Crippen molar-refractivity contribution in [3.05, 3.63) is 29.8 Å². The van der Waals surface area contributed by atoms with Crippen molar-refractivity contribution in [1.29, 1.82) is 5.26 Å². The van der Waals surface area contributed by atoms with Crippen LogP contribution in [-0.4, -0.2) is 41.4 Å². The van der Waals surface area contributed by atoms with E-state index in [-0.39, 0.29) is 6.54 Å². The molecule has 0 saturated heterocycles. The molecule has 7 heteroatoms. The molecule has 1 aromatic rings. The molecule has 0 radical (unpaired) electrons. The molecule has 1 unspecified atom stereocenters. The van der Waals surface area contributed by atoms with E-state index in [2.05, 4.69) is 5.32 Å². The smallest absolute Gasteiger partial charge is 0.321 e. The highest BCUT2D eigenvalue weighted by Gasteiger charge is 2.25. The van der Waals surface area contributed by atoms with Gasteiger partial charge in [-0.05, 0) is 25.1 Å². The summed E-state index contributed by atoms with van der Waals surface area (Å²) in [4.78, 5) is 23.8. The van der Waals surface area contributed by atoms with Gasteiger partial charge in [-0.1, -0.05) is 6.07 Å². The summed E-state index contributed by atoms with van der Waals surface area (Å²) < 4.78 is 0. The summed E-state index contributed by atoms with van der Waals surface area (Å²) >= 11 is 0. The van der Waals surface area contributed by atoms with E-state index in [0.717, 1.165) is 0 Å². The van der Waals surface area contributed by atoms with Gasteiger partial charge >= 0.3 is 12.0 Å². The van der Waals surface area contributed by atoms with Crippen LogP contribution in [0, 0.1) is 11.3 Å². The number of amides is 2. The lowest BCUT2D eigenvalue weighted by Gasteiger charge is -2.24. The summed E-state index contributed by atoms with van der Waals surface area (Å²) in [6.07, 6.45) is -0.471. The molecular formula is C14H17N3O4. The number of rotatable bonds is 5. The van der Waals surface area contributed by atoms with Crippen molar-refractivity contribution in [3.63, 3.8) is 0 Å². The van der Waals surface area contributed by atoms with E-state index in [1.165, 1.54) is 18.9 Å². The Kier molecular flexibility index (Phi) is 5.27. The fourth-order valence-corrected chi connectivity index (χ4v) is 1.67. The van der Waals surface area contributed by atoms with Crippen molar-refractivity contribution < 1.29 is 19.8 Å². The molecular weight excluding hydrogens is 274 g/mol. The van der Waals surface area contributed by atoms with E-state index in [4.69, 9.17) is 10.4 Å². The normalized spacial score (nSPS) is 12.9. The van der Waals surface area contributed by atoms with Gasteiger partial charge in [0.25, 0.3) is 0 Å². The molecule has 0 bridgehead atoms. The first-order chi connectivity index (χ1) is 9.75. The first kappa shape index (κ1) is 16.5. The van der Waals surface area contributed by atoms with Crippen molar-refractivity contribution in [2.75, 3.05) is 18.5 Å². The molecule has 1 rings (SSSR count). The maximum Gasteiger partial charge on any atom is 0.321 e. The molecule has 0 spiro atoms. The standard InChI is InChI=1S/C14H17N3O4/c1-14(21,7-12(18)19)9-16-13(20)17(2)11-5-3-4-10(6-11)8-15/h3-6,21H,7,9H2,1-2H3,(H,16,20)(H,18,19). The minimum Gasteiger partial charge on any atom is -0.481 e. The van der Waals surface area contributed by atoms with Gasteiger partial charge in [-0.25, -0.2) is 4.79 Å². The van der Waals surface area contributed by atoms with Crippen LogP contribution in [0.15, 0.2) is 24.3 Å². The minimum atomic E-state index is -1.53. The summed E-state index contributed by atoms with van der Waals surface area (Å²) in [7, 11) is 1.51. The van der Waals surface area contributed by atoms with Crippen LogP contribution in [0.2, 0.25) is 0 Å². The molecule has 112 valence electrons. The molecule has 1 aromatic carbocycles. The zero-order valence-electron chi connectivity index (χ0n) is 11.8. The molecule has 21 heavy (non-hydrogen) atoms. The number of hydrogen-bond acceptors (Lipinski definition) is 4. The second kappa shape index (κ2) is 6.72. The number of benzene rings is 1. The summed E-state index contributed by atoms with van der Waals surface area (Å²) in [5.41, 5.74) is -0.592. The third kappa shape index (κ3) is 5.12. The Morgan fingerprint density at radius 3 is 2.71 bits per heavy atom. The minimum absolute atomic E-state index is 0.194. The number of carbonyl (C=O) groups excluding carboxylic acids is 1. The van der Waals surface area contributed by atoms with Crippen molar-refractivity contribution in [2.24, 2.45) is 0 Å². The topological polar surface area (TPSA) is 114 Å². The van der Waals surface area contributed by atoms with Gasteiger partial charge in [0.1, 0.15) is 0 Å². The monoisotopic (exact) mass is 291 g/mol. The number of carboxylic acid groups (broad SMARTS) is 1. The molecule has 0 saturated carbocycles. The zero-order chi connectivity index (χ0) is 16.0. The van der Waals surface area contributed by atoms with Gasteiger partial charge in [0.15, 0.2) is 0 Å². The Balaban J connectivity index is 2.67. The third-order valence-corrected chi connectivity index (χ3v) is 2.82. The number of aliphatic carboxylic acids is 1. The van der Waals surface area contributed by atoms with Crippen molar-refractivity contribution in [2.45, 2.75) is 18.9 Å². The highest BCUT2D eigenvalue weighted by atomic mass is 16.4. The van der Waals surface area contributed by atoms with Crippen molar-refractivity contribution in [1.82, 2.24) is 5.32 Å². The number of nitriles is 1. The molecule has 7 nitrogen and oxygen atoms in total. The maximum absolute atomic E-state index is 11.9. The van der Waals surface area contributed by atoms with E-state index in [1.807, 2.05) is 6.07 Å².